The molecule has 0 saturated heterocycles. The molecule has 1 aromatic carbocycles. The predicted octanol–water partition coefficient (Wildman–Crippen LogP) is 2.58. The van der Waals surface area contributed by atoms with Crippen molar-refractivity contribution in [3.8, 4) is 0 Å². The van der Waals surface area contributed by atoms with Gasteiger partial charge in [0.1, 0.15) is 0 Å². The average molecular weight is 303 g/mol. The van der Waals surface area contributed by atoms with Gasteiger partial charge in [-0.2, -0.15) is 0 Å². The Morgan fingerprint density at radius 1 is 1.32 bits per heavy atom. The van der Waals surface area contributed by atoms with Crippen LogP contribution in [0.25, 0.3) is 0 Å². The second kappa shape index (κ2) is 7.29. The molecule has 1 heterocycles. The molecule has 0 aliphatic carbocycles. The number of nitrogens with one attached hydrogen (secondary N) is 2. The molecule has 0 unspecified atom stereocenters. The highest BCUT2D eigenvalue weighted by Crippen LogP contribution is 2.29. The van der Waals surface area contributed by atoms with E-state index in [1.165, 1.54) is 5.56 Å². The zero-order chi connectivity index (χ0) is 16.1. The van der Waals surface area contributed by atoms with Crippen LogP contribution in [0.2, 0.25) is 0 Å². The summed E-state index contributed by atoms with van der Waals surface area (Å²) in [7, 11) is 0. The molecule has 0 fully saturated rings. The molecule has 0 radical (unpaired) electrons. The van der Waals surface area contributed by atoms with Crippen LogP contribution in [0.1, 0.15) is 44.7 Å². The van der Waals surface area contributed by atoms with Crippen LogP contribution >= 0.6 is 0 Å². The van der Waals surface area contributed by atoms with Gasteiger partial charge in [0.15, 0.2) is 0 Å². The first kappa shape index (κ1) is 16.3. The van der Waals surface area contributed by atoms with Crippen molar-refractivity contribution in [1.82, 2.24) is 10.6 Å². The minimum atomic E-state index is -0.141. The molecule has 2 rings (SSSR count). The van der Waals surface area contributed by atoms with E-state index in [1.807, 2.05) is 37.8 Å². The summed E-state index contributed by atoms with van der Waals surface area (Å²) in [5.74, 6) is 0.164. The zero-order valence-corrected chi connectivity index (χ0v) is 13.6. The van der Waals surface area contributed by atoms with Crippen LogP contribution in [0.3, 0.4) is 0 Å². The fourth-order valence-corrected chi connectivity index (χ4v) is 2.57. The highest BCUT2D eigenvalue weighted by atomic mass is 16.2. The Morgan fingerprint density at radius 3 is 2.77 bits per heavy atom. The van der Waals surface area contributed by atoms with Crippen molar-refractivity contribution < 1.29 is 9.59 Å². The van der Waals surface area contributed by atoms with Gasteiger partial charge >= 0.3 is 6.03 Å². The summed E-state index contributed by atoms with van der Waals surface area (Å²) in [4.78, 5) is 25.4. The van der Waals surface area contributed by atoms with Crippen molar-refractivity contribution in [3.63, 3.8) is 0 Å². The summed E-state index contributed by atoms with van der Waals surface area (Å²) in [6.45, 7) is 7.16. The summed E-state index contributed by atoms with van der Waals surface area (Å²) in [5, 5.41) is 5.75. The van der Waals surface area contributed by atoms with Crippen molar-refractivity contribution in [1.29, 1.82) is 0 Å². The maximum Gasteiger partial charge on any atom is 0.315 e. The average Bonchev–Trinajstić information content (AvgIpc) is 2.95. The lowest BCUT2D eigenvalue weighted by Gasteiger charge is -2.17. The normalized spacial score (nSPS) is 14.4. The third-order valence-electron chi connectivity index (χ3n) is 4.09. The van der Waals surface area contributed by atoms with E-state index >= 15 is 0 Å². The topological polar surface area (TPSA) is 61.4 Å². The maximum absolute atomic E-state index is 11.9. The van der Waals surface area contributed by atoms with Gasteiger partial charge in [0, 0.05) is 31.2 Å². The van der Waals surface area contributed by atoms with E-state index < -0.39 is 0 Å². The minimum absolute atomic E-state index is 0.141. The summed E-state index contributed by atoms with van der Waals surface area (Å²) < 4.78 is 0. The molecule has 5 nitrogen and oxygen atoms in total. The quantitative estimate of drug-likeness (QED) is 0.878. The van der Waals surface area contributed by atoms with E-state index in [9.17, 15) is 9.59 Å². The Labute approximate surface area is 132 Å². The van der Waals surface area contributed by atoms with E-state index in [0.29, 0.717) is 13.0 Å². The third kappa shape index (κ3) is 3.78. The number of benzene rings is 1. The van der Waals surface area contributed by atoms with Crippen LogP contribution in [0.4, 0.5) is 10.5 Å². The maximum atomic E-state index is 11.9. The molecule has 3 amide bonds. The second-order valence-electron chi connectivity index (χ2n) is 5.75. The largest absolute Gasteiger partial charge is 0.336 e. The number of nitrogens with zero attached hydrogens (tertiary/aromatic N) is 1. The fraction of sp³-hybridized carbons (Fsp3) is 0.529. The Hall–Kier alpha value is -2.04. The lowest BCUT2D eigenvalue weighted by Crippen LogP contribution is -2.40. The molecule has 22 heavy (non-hydrogen) atoms. The van der Waals surface area contributed by atoms with Crippen LogP contribution in [-0.4, -0.2) is 24.5 Å². The van der Waals surface area contributed by atoms with Gasteiger partial charge in [0.2, 0.25) is 5.91 Å². The zero-order valence-electron chi connectivity index (χ0n) is 13.6. The highest BCUT2D eigenvalue weighted by Gasteiger charge is 2.23. The van der Waals surface area contributed by atoms with Gasteiger partial charge in [-0.1, -0.05) is 26.0 Å². The molecule has 0 bridgehead atoms. The standard InChI is InChI=1S/C17H25N3O2/c1-4-12(3)19-17(22)18-11-13-6-7-15-14(10-13)8-9-20(15)16(21)5-2/h6-7,10,12H,4-5,8-9,11H2,1-3H3,(H2,18,19,22)/t12-/m0/s1. The first-order valence-corrected chi connectivity index (χ1v) is 8.01. The molecule has 5 heteroatoms. The third-order valence-corrected chi connectivity index (χ3v) is 4.09. The van der Waals surface area contributed by atoms with Crippen molar-refractivity contribution in [2.45, 2.75) is 52.6 Å². The Balaban J connectivity index is 1.95. The lowest BCUT2D eigenvalue weighted by atomic mass is 10.1. The lowest BCUT2D eigenvalue weighted by molar-refractivity contribution is -0.118. The van der Waals surface area contributed by atoms with Crippen molar-refractivity contribution in [2.24, 2.45) is 0 Å². The first-order valence-electron chi connectivity index (χ1n) is 8.01. The van der Waals surface area contributed by atoms with Crippen LogP contribution in [0.5, 0.6) is 0 Å². The van der Waals surface area contributed by atoms with E-state index in [1.54, 1.807) is 0 Å². The summed E-state index contributed by atoms with van der Waals surface area (Å²) in [5.41, 5.74) is 3.26. The van der Waals surface area contributed by atoms with Crippen LogP contribution in [0, 0.1) is 0 Å². The second-order valence-corrected chi connectivity index (χ2v) is 5.75. The molecule has 0 aromatic heterocycles. The number of hydrogen-bond acceptors (Lipinski definition) is 2. The van der Waals surface area contributed by atoms with E-state index in [-0.39, 0.29) is 18.0 Å². The summed E-state index contributed by atoms with van der Waals surface area (Å²) in [6.07, 6.45) is 2.32. The van der Waals surface area contributed by atoms with Crippen LogP contribution < -0.4 is 15.5 Å². The monoisotopic (exact) mass is 303 g/mol. The highest BCUT2D eigenvalue weighted by molar-refractivity contribution is 5.95. The number of amides is 3. The van der Waals surface area contributed by atoms with Crippen LogP contribution in [-0.2, 0) is 17.8 Å². The summed E-state index contributed by atoms with van der Waals surface area (Å²) >= 11 is 0. The number of carbonyl (C=O) groups excluding carboxylic acids is 2. The first-order chi connectivity index (χ1) is 10.5. The van der Waals surface area contributed by atoms with Gasteiger partial charge in [-0.25, -0.2) is 4.79 Å². The Bertz CT molecular complexity index is 557. The van der Waals surface area contributed by atoms with E-state index in [4.69, 9.17) is 0 Å². The fourth-order valence-electron chi connectivity index (χ4n) is 2.57. The van der Waals surface area contributed by atoms with E-state index in [2.05, 4.69) is 16.7 Å². The number of fused-ring (bicyclic) bond motifs is 1. The smallest absolute Gasteiger partial charge is 0.315 e. The van der Waals surface area contributed by atoms with Crippen molar-refractivity contribution in [3.05, 3.63) is 29.3 Å². The van der Waals surface area contributed by atoms with Crippen LogP contribution in [0.15, 0.2) is 18.2 Å². The number of rotatable bonds is 5. The molecule has 0 saturated carbocycles. The van der Waals surface area contributed by atoms with Crippen molar-refractivity contribution in [2.75, 3.05) is 11.4 Å². The molecule has 1 aliphatic heterocycles. The molecule has 1 atom stereocenters. The molecule has 120 valence electrons. The number of hydrogen-bond donors (Lipinski definition) is 2. The van der Waals surface area contributed by atoms with Gasteiger partial charge in [-0.15, -0.1) is 0 Å². The van der Waals surface area contributed by atoms with Gasteiger partial charge in [-0.3, -0.25) is 4.79 Å². The molecule has 1 aliphatic rings. The number of anilines is 1. The van der Waals surface area contributed by atoms with Gasteiger partial charge in [0.25, 0.3) is 0 Å². The van der Waals surface area contributed by atoms with Crippen molar-refractivity contribution >= 4 is 17.6 Å². The molecule has 1 aromatic rings. The minimum Gasteiger partial charge on any atom is -0.336 e. The molecule has 0 spiro atoms. The predicted molar refractivity (Wildman–Crippen MR) is 87.9 cm³/mol. The molecular formula is C17H25N3O2. The SMILES string of the molecule is CCC(=O)N1CCc2cc(CNC(=O)N[C@@H](C)CC)ccc21. The van der Waals surface area contributed by atoms with Gasteiger partial charge in [0.05, 0.1) is 0 Å². The molecular weight excluding hydrogens is 278 g/mol. The van der Waals surface area contributed by atoms with Gasteiger partial charge < -0.3 is 15.5 Å². The molecule has 2 N–H and O–H groups in total. The number of carbonyl (C=O) groups is 2. The number of urea groups is 1. The Morgan fingerprint density at radius 2 is 2.09 bits per heavy atom. The summed E-state index contributed by atoms with van der Waals surface area (Å²) in [6, 6.07) is 6.08. The van der Waals surface area contributed by atoms with Gasteiger partial charge in [-0.05, 0) is 37.0 Å². The van der Waals surface area contributed by atoms with E-state index in [0.717, 1.165) is 30.6 Å². The Kier molecular flexibility index (Phi) is 5.41.